The molecule has 35 heavy (non-hydrogen) atoms. The van der Waals surface area contributed by atoms with Gasteiger partial charge in [0.1, 0.15) is 5.60 Å². The van der Waals surface area contributed by atoms with Crippen molar-refractivity contribution in [3.63, 3.8) is 0 Å². The smallest absolute Gasteiger partial charge is 0.410 e. The van der Waals surface area contributed by atoms with Crippen molar-refractivity contribution in [3.05, 3.63) is 34.7 Å². The van der Waals surface area contributed by atoms with Gasteiger partial charge in [0.05, 0.1) is 4.91 Å². The number of ether oxygens (including phenoxy) is 1. The van der Waals surface area contributed by atoms with Crippen LogP contribution >= 0.6 is 11.8 Å². The van der Waals surface area contributed by atoms with Gasteiger partial charge in [-0.05, 0) is 63.1 Å². The number of nitrogens with zero attached hydrogens (tertiary/aromatic N) is 3. The molecule has 188 valence electrons. The van der Waals surface area contributed by atoms with Gasteiger partial charge in [0.15, 0.2) is 0 Å². The van der Waals surface area contributed by atoms with Gasteiger partial charge in [-0.15, -0.1) is 0 Å². The molecule has 3 saturated heterocycles. The first kappa shape index (κ1) is 25.1. The highest BCUT2D eigenvalue weighted by atomic mass is 32.2. The van der Waals surface area contributed by atoms with Crippen LogP contribution in [0.15, 0.2) is 29.2 Å². The van der Waals surface area contributed by atoms with E-state index in [1.165, 1.54) is 0 Å². The molecule has 10 heteroatoms. The summed E-state index contributed by atoms with van der Waals surface area (Å²) in [5.74, 6) is -0.294. The molecule has 4 amide bonds. The van der Waals surface area contributed by atoms with Crippen molar-refractivity contribution in [3.8, 4) is 0 Å². The normalized spacial score (nSPS) is 20.9. The largest absolute Gasteiger partial charge is 0.444 e. The second kappa shape index (κ2) is 10.3. The molecule has 9 nitrogen and oxygen atoms in total. The number of thioether (sulfide) groups is 1. The van der Waals surface area contributed by atoms with Crippen LogP contribution in [0.3, 0.4) is 0 Å². The first-order valence-corrected chi connectivity index (χ1v) is 12.8. The van der Waals surface area contributed by atoms with Crippen LogP contribution < -0.4 is 10.2 Å². The lowest BCUT2D eigenvalue weighted by molar-refractivity contribution is -0.137. The maximum atomic E-state index is 13.1. The molecule has 0 aromatic heterocycles. The number of anilines is 1. The first-order chi connectivity index (χ1) is 16.6. The second-order valence-corrected chi connectivity index (χ2v) is 11.0. The van der Waals surface area contributed by atoms with Crippen molar-refractivity contribution in [2.24, 2.45) is 5.92 Å². The number of piperazine rings is 1. The molecule has 0 unspecified atom stereocenters. The Kier molecular flexibility index (Phi) is 7.39. The van der Waals surface area contributed by atoms with Crippen LogP contribution in [0.25, 0.3) is 6.08 Å². The molecule has 4 rings (SSSR count). The van der Waals surface area contributed by atoms with E-state index in [2.05, 4.69) is 10.2 Å². The maximum absolute atomic E-state index is 13.1. The summed E-state index contributed by atoms with van der Waals surface area (Å²) in [4.78, 5) is 55.1. The number of rotatable bonds is 3. The Morgan fingerprint density at radius 2 is 1.66 bits per heavy atom. The summed E-state index contributed by atoms with van der Waals surface area (Å²) in [6.45, 7) is 9.20. The Balaban J connectivity index is 1.32. The molecule has 3 aliphatic heterocycles. The molecule has 3 fully saturated rings. The van der Waals surface area contributed by atoms with E-state index in [-0.39, 0.29) is 29.1 Å². The SMILES string of the molecule is CC(C)(C)OC(=O)N1CCC(C(=O)N2CCN(c3ccccc3/C=C3\SC(=O)NC3=O)CC2)CC1. The van der Waals surface area contributed by atoms with Gasteiger partial charge < -0.3 is 19.4 Å². The van der Waals surface area contributed by atoms with Gasteiger partial charge >= 0.3 is 6.09 Å². The fourth-order valence-electron chi connectivity index (χ4n) is 4.52. The van der Waals surface area contributed by atoms with Gasteiger partial charge in [-0.2, -0.15) is 0 Å². The molecule has 1 N–H and O–H groups in total. The molecule has 0 bridgehead atoms. The summed E-state index contributed by atoms with van der Waals surface area (Å²) in [5.41, 5.74) is 1.32. The van der Waals surface area contributed by atoms with Crippen LogP contribution in [0.5, 0.6) is 0 Å². The lowest BCUT2D eigenvalue weighted by atomic mass is 9.95. The van der Waals surface area contributed by atoms with Crippen LogP contribution in [0.1, 0.15) is 39.2 Å². The number of imide groups is 1. The van der Waals surface area contributed by atoms with Gasteiger partial charge in [0, 0.05) is 50.9 Å². The van der Waals surface area contributed by atoms with Crippen LogP contribution in [-0.2, 0) is 14.3 Å². The number of para-hydroxylation sites is 1. The number of carbonyl (C=O) groups is 4. The number of amides is 4. The van der Waals surface area contributed by atoms with Crippen LogP contribution in [0, 0.1) is 5.92 Å². The lowest BCUT2D eigenvalue weighted by Gasteiger charge is -2.39. The summed E-state index contributed by atoms with van der Waals surface area (Å²) < 4.78 is 5.45. The molecular formula is C25H32N4O5S. The zero-order valence-corrected chi connectivity index (χ0v) is 21.2. The Morgan fingerprint density at radius 3 is 2.26 bits per heavy atom. The Labute approximate surface area is 209 Å². The molecule has 0 radical (unpaired) electrons. The summed E-state index contributed by atoms with van der Waals surface area (Å²) >= 11 is 0.906. The summed E-state index contributed by atoms with van der Waals surface area (Å²) in [6.07, 6.45) is 2.72. The van der Waals surface area contributed by atoms with Crippen molar-refractivity contribution >= 4 is 46.7 Å². The van der Waals surface area contributed by atoms with Gasteiger partial charge in [0.2, 0.25) is 5.91 Å². The number of hydrogen-bond acceptors (Lipinski definition) is 7. The monoisotopic (exact) mass is 500 g/mol. The van der Waals surface area contributed by atoms with Gasteiger partial charge in [-0.3, -0.25) is 19.7 Å². The summed E-state index contributed by atoms with van der Waals surface area (Å²) in [5, 5.41) is 1.93. The third kappa shape index (κ3) is 6.17. The van der Waals surface area contributed by atoms with E-state index < -0.39 is 5.60 Å². The zero-order valence-electron chi connectivity index (χ0n) is 20.4. The Bertz CT molecular complexity index is 1030. The van der Waals surface area contributed by atoms with Crippen molar-refractivity contribution in [2.75, 3.05) is 44.2 Å². The van der Waals surface area contributed by atoms with Crippen molar-refractivity contribution in [1.82, 2.24) is 15.1 Å². The standard InChI is InChI=1S/C25H32N4O5S/c1-25(2,3)34-24(33)29-10-8-17(9-11-29)22(31)28-14-12-27(13-15-28)19-7-5-4-6-18(19)16-20-21(30)26-23(32)35-20/h4-7,16-17H,8-15H2,1-3H3,(H,26,30,32)/b20-16-. The van der Waals surface area contributed by atoms with Crippen LogP contribution in [-0.4, -0.2) is 77.8 Å². The highest BCUT2D eigenvalue weighted by Crippen LogP contribution is 2.30. The van der Waals surface area contributed by atoms with E-state index in [9.17, 15) is 19.2 Å². The quantitative estimate of drug-likeness (QED) is 0.636. The number of benzene rings is 1. The van der Waals surface area contributed by atoms with Crippen molar-refractivity contribution in [2.45, 2.75) is 39.2 Å². The molecule has 0 spiro atoms. The minimum absolute atomic E-state index is 0.0762. The van der Waals surface area contributed by atoms with Crippen molar-refractivity contribution < 1.29 is 23.9 Å². The molecule has 0 saturated carbocycles. The van der Waals surface area contributed by atoms with E-state index in [0.717, 1.165) is 23.0 Å². The fourth-order valence-corrected chi connectivity index (χ4v) is 5.19. The van der Waals surface area contributed by atoms with E-state index in [0.29, 0.717) is 57.0 Å². The third-order valence-corrected chi connectivity index (χ3v) is 7.10. The summed E-state index contributed by atoms with van der Waals surface area (Å²) in [7, 11) is 0. The van der Waals surface area contributed by atoms with E-state index >= 15 is 0 Å². The minimum atomic E-state index is -0.529. The number of likely N-dealkylation sites (tertiary alicyclic amines) is 1. The molecule has 1 aromatic carbocycles. The van der Waals surface area contributed by atoms with Crippen molar-refractivity contribution in [1.29, 1.82) is 0 Å². The molecule has 0 aliphatic carbocycles. The second-order valence-electron chi connectivity index (χ2n) is 9.97. The van der Waals surface area contributed by atoms with Crippen LogP contribution in [0.2, 0.25) is 0 Å². The average Bonchev–Trinajstić information content (AvgIpc) is 3.14. The molecule has 0 atom stereocenters. The number of nitrogens with one attached hydrogen (secondary N) is 1. The fraction of sp³-hybridized carbons (Fsp3) is 0.520. The number of hydrogen-bond donors (Lipinski definition) is 1. The topological polar surface area (TPSA) is 99.3 Å². The minimum Gasteiger partial charge on any atom is -0.444 e. The lowest BCUT2D eigenvalue weighted by Crippen LogP contribution is -2.52. The zero-order chi connectivity index (χ0) is 25.2. The molecule has 3 heterocycles. The van der Waals surface area contributed by atoms with Gasteiger partial charge in [-0.25, -0.2) is 4.79 Å². The van der Waals surface area contributed by atoms with E-state index in [1.54, 1.807) is 11.0 Å². The maximum Gasteiger partial charge on any atom is 0.410 e. The van der Waals surface area contributed by atoms with Crippen LogP contribution in [0.4, 0.5) is 15.3 Å². The highest BCUT2D eigenvalue weighted by molar-refractivity contribution is 8.18. The van der Waals surface area contributed by atoms with Gasteiger partial charge in [0.25, 0.3) is 11.1 Å². The average molecular weight is 501 g/mol. The first-order valence-electron chi connectivity index (χ1n) is 12.0. The molecule has 3 aliphatic rings. The van der Waals surface area contributed by atoms with Gasteiger partial charge in [-0.1, -0.05) is 18.2 Å². The third-order valence-electron chi connectivity index (χ3n) is 6.29. The Morgan fingerprint density at radius 1 is 1.00 bits per heavy atom. The number of piperidine rings is 1. The number of carbonyl (C=O) groups excluding carboxylic acids is 4. The highest BCUT2D eigenvalue weighted by Gasteiger charge is 2.33. The van der Waals surface area contributed by atoms with E-state index in [1.807, 2.05) is 49.9 Å². The summed E-state index contributed by atoms with van der Waals surface area (Å²) in [6, 6.07) is 7.77. The predicted octanol–water partition coefficient (Wildman–Crippen LogP) is 3.31. The predicted molar refractivity (Wildman–Crippen MR) is 135 cm³/mol. The van der Waals surface area contributed by atoms with E-state index in [4.69, 9.17) is 4.74 Å². The Hall–Kier alpha value is -3.01. The molecular weight excluding hydrogens is 468 g/mol. The molecule has 1 aromatic rings.